The Labute approximate surface area is 148 Å². The molecule has 0 atom stereocenters. The van der Waals surface area contributed by atoms with Crippen molar-refractivity contribution in [3.8, 4) is 11.1 Å². The van der Waals surface area contributed by atoms with E-state index in [2.05, 4.69) is 97.1 Å². The maximum Gasteiger partial charge on any atom is 0.0713 e. The highest BCUT2D eigenvalue weighted by Crippen LogP contribution is 2.55. The number of benzene rings is 4. The maximum atomic E-state index is 3.48. The maximum absolute atomic E-state index is 3.48. The largest absolute Gasteiger partial charge is 0.0713 e. The lowest BCUT2D eigenvalue weighted by Gasteiger charge is -2.33. The summed E-state index contributed by atoms with van der Waals surface area (Å²) >= 11 is 0. The van der Waals surface area contributed by atoms with Crippen LogP contribution in [0.25, 0.3) is 11.1 Å². The van der Waals surface area contributed by atoms with Gasteiger partial charge in [-0.25, -0.2) is 0 Å². The molecule has 0 N–H and O–H groups in total. The summed E-state index contributed by atoms with van der Waals surface area (Å²) in [5.41, 5.74) is 7.27. The van der Waals surface area contributed by atoms with Crippen LogP contribution in [0.4, 0.5) is 0 Å². The molecule has 2 radical (unpaired) electrons. The molecule has 0 aliphatic heterocycles. The zero-order valence-electron chi connectivity index (χ0n) is 13.7. The molecule has 0 aromatic heterocycles. The van der Waals surface area contributed by atoms with Crippen molar-refractivity contribution in [3.05, 3.63) is 131 Å². The molecule has 0 saturated heterocycles. The molecule has 0 spiro atoms. The van der Waals surface area contributed by atoms with Crippen LogP contribution in [0.5, 0.6) is 0 Å². The minimum Gasteiger partial charge on any atom is -0.0622 e. The zero-order chi connectivity index (χ0) is 16.7. The van der Waals surface area contributed by atoms with Crippen LogP contribution >= 0.6 is 0 Å². The van der Waals surface area contributed by atoms with Gasteiger partial charge < -0.3 is 0 Å². The SMILES string of the molecule is [c]1ccc2c(c1)-c1[c]cccc1C2(c1ccccc1)c1ccccc1. The summed E-state index contributed by atoms with van der Waals surface area (Å²) in [6.07, 6.45) is 0. The third kappa shape index (κ3) is 1.88. The van der Waals surface area contributed by atoms with Crippen LogP contribution in [0.2, 0.25) is 0 Å². The van der Waals surface area contributed by atoms with Gasteiger partial charge >= 0.3 is 0 Å². The molecule has 0 unspecified atom stereocenters. The summed E-state index contributed by atoms with van der Waals surface area (Å²) in [4.78, 5) is 0. The predicted molar refractivity (Wildman–Crippen MR) is 101 cm³/mol. The molecule has 116 valence electrons. The first-order chi connectivity index (χ1) is 12.4. The lowest BCUT2D eigenvalue weighted by atomic mass is 9.68. The van der Waals surface area contributed by atoms with Crippen molar-refractivity contribution < 1.29 is 0 Å². The monoisotopic (exact) mass is 316 g/mol. The van der Waals surface area contributed by atoms with E-state index < -0.39 is 0 Å². The van der Waals surface area contributed by atoms with Crippen molar-refractivity contribution in [1.82, 2.24) is 0 Å². The zero-order valence-corrected chi connectivity index (χ0v) is 13.7. The first-order valence-corrected chi connectivity index (χ1v) is 8.55. The fraction of sp³-hybridized carbons (Fsp3) is 0.0400. The van der Waals surface area contributed by atoms with Crippen molar-refractivity contribution in [2.45, 2.75) is 5.41 Å². The Morgan fingerprint density at radius 3 is 1.96 bits per heavy atom. The normalized spacial score (nSPS) is 13.9. The molecule has 1 aliphatic rings. The molecule has 0 nitrogen and oxygen atoms in total. The van der Waals surface area contributed by atoms with E-state index in [1.54, 1.807) is 0 Å². The quantitative estimate of drug-likeness (QED) is 0.395. The molecular formula is C25H16. The van der Waals surface area contributed by atoms with E-state index in [1.165, 1.54) is 33.4 Å². The third-order valence-electron chi connectivity index (χ3n) is 5.21. The van der Waals surface area contributed by atoms with E-state index in [0.717, 1.165) is 0 Å². The molecule has 1 aliphatic carbocycles. The van der Waals surface area contributed by atoms with Crippen molar-refractivity contribution in [2.24, 2.45) is 0 Å². The Balaban J connectivity index is 1.98. The highest BCUT2D eigenvalue weighted by molar-refractivity contribution is 5.85. The molecular weight excluding hydrogens is 300 g/mol. The smallest absolute Gasteiger partial charge is 0.0622 e. The first-order valence-electron chi connectivity index (χ1n) is 8.55. The second-order valence-corrected chi connectivity index (χ2v) is 6.41. The summed E-state index contributed by atoms with van der Waals surface area (Å²) < 4.78 is 0. The highest BCUT2D eigenvalue weighted by Gasteiger charge is 2.45. The van der Waals surface area contributed by atoms with E-state index in [4.69, 9.17) is 0 Å². The predicted octanol–water partition coefficient (Wildman–Crippen LogP) is 5.65. The standard InChI is InChI=1S/C25H16/c1-3-11-19(12-4-1)25(20-13-5-2-6-14-20)23-17-9-7-15-21(23)22-16-8-10-18-24(22)25/h1-7,9-14,16-18H. The van der Waals surface area contributed by atoms with Gasteiger partial charge in [-0.05, 0) is 51.6 Å². The van der Waals surface area contributed by atoms with Gasteiger partial charge in [0.25, 0.3) is 0 Å². The summed E-state index contributed by atoms with van der Waals surface area (Å²) in [6.45, 7) is 0. The summed E-state index contributed by atoms with van der Waals surface area (Å²) in [7, 11) is 0. The molecule has 0 bridgehead atoms. The number of hydrogen-bond donors (Lipinski definition) is 0. The molecule has 0 fully saturated rings. The minimum atomic E-state index is -0.306. The molecule has 0 amide bonds. The van der Waals surface area contributed by atoms with E-state index in [-0.39, 0.29) is 5.41 Å². The van der Waals surface area contributed by atoms with Gasteiger partial charge in [0, 0.05) is 0 Å². The number of rotatable bonds is 2. The van der Waals surface area contributed by atoms with E-state index in [1.807, 2.05) is 12.1 Å². The second kappa shape index (κ2) is 5.46. The molecule has 0 heteroatoms. The van der Waals surface area contributed by atoms with Crippen LogP contribution in [0.15, 0.2) is 97.1 Å². The van der Waals surface area contributed by atoms with Gasteiger partial charge in [-0.3, -0.25) is 0 Å². The lowest BCUT2D eigenvalue weighted by Crippen LogP contribution is -2.28. The first kappa shape index (κ1) is 14.2. The Bertz CT molecular complexity index is 943. The molecule has 4 aromatic carbocycles. The third-order valence-corrected chi connectivity index (χ3v) is 5.21. The van der Waals surface area contributed by atoms with Crippen LogP contribution in [-0.4, -0.2) is 0 Å². The Morgan fingerprint density at radius 2 is 1.28 bits per heavy atom. The molecule has 0 heterocycles. The second-order valence-electron chi connectivity index (χ2n) is 6.41. The van der Waals surface area contributed by atoms with Crippen molar-refractivity contribution in [3.63, 3.8) is 0 Å². The van der Waals surface area contributed by atoms with Gasteiger partial charge in [0.15, 0.2) is 0 Å². The van der Waals surface area contributed by atoms with Crippen LogP contribution < -0.4 is 0 Å². The average molecular weight is 316 g/mol. The topological polar surface area (TPSA) is 0 Å². The Hall–Kier alpha value is -3.12. The van der Waals surface area contributed by atoms with Gasteiger partial charge in [-0.1, -0.05) is 91.0 Å². The van der Waals surface area contributed by atoms with Crippen molar-refractivity contribution in [1.29, 1.82) is 0 Å². The lowest BCUT2D eigenvalue weighted by molar-refractivity contribution is 0.768. The average Bonchev–Trinajstić information content (AvgIpc) is 3.01. The van der Waals surface area contributed by atoms with Crippen molar-refractivity contribution in [2.75, 3.05) is 0 Å². The van der Waals surface area contributed by atoms with Crippen molar-refractivity contribution >= 4 is 0 Å². The Morgan fingerprint density at radius 1 is 0.600 bits per heavy atom. The summed E-state index contributed by atoms with van der Waals surface area (Å²) in [6, 6.07) is 41.0. The molecule has 5 rings (SSSR count). The Kier molecular flexibility index (Phi) is 3.11. The van der Waals surface area contributed by atoms with Crippen LogP contribution in [0.1, 0.15) is 22.3 Å². The van der Waals surface area contributed by atoms with Gasteiger partial charge in [0.1, 0.15) is 0 Å². The number of hydrogen-bond acceptors (Lipinski definition) is 0. The van der Waals surface area contributed by atoms with E-state index in [9.17, 15) is 0 Å². The van der Waals surface area contributed by atoms with E-state index in [0.29, 0.717) is 0 Å². The molecule has 25 heavy (non-hydrogen) atoms. The van der Waals surface area contributed by atoms with Gasteiger partial charge in [-0.2, -0.15) is 0 Å². The van der Waals surface area contributed by atoms with E-state index >= 15 is 0 Å². The summed E-state index contributed by atoms with van der Waals surface area (Å²) in [5.74, 6) is 0. The van der Waals surface area contributed by atoms with Gasteiger partial charge in [0.05, 0.1) is 5.41 Å². The van der Waals surface area contributed by atoms with Crippen LogP contribution in [-0.2, 0) is 5.41 Å². The van der Waals surface area contributed by atoms with Gasteiger partial charge in [0.2, 0.25) is 0 Å². The fourth-order valence-corrected chi connectivity index (χ4v) is 4.25. The number of fused-ring (bicyclic) bond motifs is 3. The summed E-state index contributed by atoms with van der Waals surface area (Å²) in [5, 5.41) is 0. The fourth-order valence-electron chi connectivity index (χ4n) is 4.25. The minimum absolute atomic E-state index is 0.306. The molecule has 4 aromatic rings. The van der Waals surface area contributed by atoms with Crippen LogP contribution in [0, 0.1) is 12.1 Å². The highest BCUT2D eigenvalue weighted by atomic mass is 14.5. The van der Waals surface area contributed by atoms with Gasteiger partial charge in [-0.15, -0.1) is 0 Å². The van der Waals surface area contributed by atoms with Crippen LogP contribution in [0.3, 0.4) is 0 Å². The molecule has 0 saturated carbocycles.